The lowest BCUT2D eigenvalue weighted by atomic mass is 9.96. The quantitative estimate of drug-likeness (QED) is 0.698. The summed E-state index contributed by atoms with van der Waals surface area (Å²) in [6.45, 7) is 8.31. The van der Waals surface area contributed by atoms with Crippen LogP contribution in [0.1, 0.15) is 44.4 Å². The predicted octanol–water partition coefficient (Wildman–Crippen LogP) is 4.95. The van der Waals surface area contributed by atoms with E-state index in [2.05, 4.69) is 9.97 Å². The number of nitrogens with zero attached hydrogens (tertiary/aromatic N) is 3. The summed E-state index contributed by atoms with van der Waals surface area (Å²) in [5.41, 5.74) is 0.799. The Hall–Kier alpha value is -2.41. The largest absolute Gasteiger partial charge is 0.469 e. The van der Waals surface area contributed by atoms with Crippen LogP contribution >= 0.6 is 11.6 Å². The van der Waals surface area contributed by atoms with Crippen LogP contribution in [0.15, 0.2) is 30.7 Å². The molecule has 1 aliphatic rings. The number of carbonyl (C=O) groups excluding carboxylic acids is 1. The zero-order valence-electron chi connectivity index (χ0n) is 17.0. The van der Waals surface area contributed by atoms with Gasteiger partial charge in [-0.05, 0) is 46.2 Å². The second-order valence-electron chi connectivity index (χ2n) is 8.23. The van der Waals surface area contributed by atoms with Gasteiger partial charge in [-0.3, -0.25) is 4.98 Å². The van der Waals surface area contributed by atoms with E-state index in [-0.39, 0.29) is 12.0 Å². The van der Waals surface area contributed by atoms with Gasteiger partial charge in [-0.1, -0.05) is 11.6 Å². The molecular formula is C21H25ClFN3O3. The number of likely N-dealkylation sites (tertiary alicyclic amines) is 1. The maximum Gasteiger partial charge on any atom is 0.410 e. The van der Waals surface area contributed by atoms with E-state index in [0.29, 0.717) is 36.0 Å². The lowest BCUT2D eigenvalue weighted by Gasteiger charge is -2.27. The molecule has 3 heterocycles. The van der Waals surface area contributed by atoms with E-state index in [1.54, 1.807) is 17.2 Å². The molecule has 0 aromatic carbocycles. The fourth-order valence-electron chi connectivity index (χ4n) is 3.32. The van der Waals surface area contributed by atoms with Gasteiger partial charge >= 0.3 is 6.09 Å². The first-order chi connectivity index (χ1) is 13.6. The first kappa shape index (κ1) is 21.3. The number of amides is 1. The molecule has 0 radical (unpaired) electrons. The van der Waals surface area contributed by atoms with Crippen LogP contribution in [0.3, 0.4) is 0 Å². The molecule has 1 unspecified atom stereocenters. The minimum atomic E-state index is -0.568. The molecule has 2 aromatic rings. The van der Waals surface area contributed by atoms with Crippen LogP contribution in [0.5, 0.6) is 5.88 Å². The maximum atomic E-state index is 13.8. The zero-order chi connectivity index (χ0) is 21.2. The summed E-state index contributed by atoms with van der Waals surface area (Å²) in [6.07, 6.45) is 4.04. The molecule has 8 heteroatoms. The standard InChI is InChI=1S/C21H25ClFN3O3/c1-13-7-16(22)10-25-19(13)28-18(15-8-17(23)11-24-9-15)14-5-6-26(12-14)20(27)29-21(2,3)4/h7-11,14,18H,5-6,12H2,1-4H3/t14-,18?/m0/s1. The molecule has 0 N–H and O–H groups in total. The third-order valence-corrected chi connectivity index (χ3v) is 4.80. The Morgan fingerprint density at radius 1 is 1.31 bits per heavy atom. The van der Waals surface area contributed by atoms with Gasteiger partial charge in [0, 0.05) is 42.5 Å². The smallest absolute Gasteiger partial charge is 0.410 e. The monoisotopic (exact) mass is 421 g/mol. The number of aromatic nitrogens is 2. The van der Waals surface area contributed by atoms with Crippen LogP contribution in [0.25, 0.3) is 0 Å². The Morgan fingerprint density at radius 3 is 2.72 bits per heavy atom. The molecule has 0 saturated carbocycles. The summed E-state index contributed by atoms with van der Waals surface area (Å²) in [5, 5.41) is 0.510. The van der Waals surface area contributed by atoms with Crippen LogP contribution in [0.4, 0.5) is 9.18 Å². The van der Waals surface area contributed by atoms with Crippen LogP contribution < -0.4 is 4.74 Å². The Kier molecular flexibility index (Phi) is 6.27. The van der Waals surface area contributed by atoms with Gasteiger partial charge < -0.3 is 14.4 Å². The summed E-state index contributed by atoms with van der Waals surface area (Å²) in [5.74, 6) is -0.0961. The van der Waals surface area contributed by atoms with E-state index < -0.39 is 17.5 Å². The van der Waals surface area contributed by atoms with Gasteiger partial charge in [-0.25, -0.2) is 14.2 Å². The highest BCUT2D eigenvalue weighted by Crippen LogP contribution is 2.35. The fourth-order valence-corrected chi connectivity index (χ4v) is 3.53. The highest BCUT2D eigenvalue weighted by molar-refractivity contribution is 6.30. The molecule has 1 saturated heterocycles. The van der Waals surface area contributed by atoms with Crippen molar-refractivity contribution in [1.29, 1.82) is 0 Å². The molecule has 0 spiro atoms. The molecule has 0 aliphatic carbocycles. The van der Waals surface area contributed by atoms with E-state index in [9.17, 15) is 9.18 Å². The Morgan fingerprint density at radius 2 is 2.07 bits per heavy atom. The van der Waals surface area contributed by atoms with E-state index in [0.717, 1.165) is 11.8 Å². The second kappa shape index (κ2) is 8.53. The maximum absolute atomic E-state index is 13.8. The number of rotatable bonds is 4. The van der Waals surface area contributed by atoms with E-state index in [4.69, 9.17) is 21.1 Å². The molecule has 1 amide bonds. The molecule has 0 bridgehead atoms. The van der Waals surface area contributed by atoms with Crippen molar-refractivity contribution in [3.63, 3.8) is 0 Å². The molecular weight excluding hydrogens is 397 g/mol. The molecule has 29 heavy (non-hydrogen) atoms. The van der Waals surface area contributed by atoms with Gasteiger partial charge in [-0.15, -0.1) is 0 Å². The average molecular weight is 422 g/mol. The summed E-state index contributed by atoms with van der Waals surface area (Å²) >= 11 is 5.99. The molecule has 2 atom stereocenters. The number of carbonyl (C=O) groups is 1. The predicted molar refractivity (Wildman–Crippen MR) is 107 cm³/mol. The van der Waals surface area contributed by atoms with Crippen LogP contribution in [-0.2, 0) is 4.74 Å². The van der Waals surface area contributed by atoms with Gasteiger partial charge in [0.1, 0.15) is 17.5 Å². The highest BCUT2D eigenvalue weighted by Gasteiger charge is 2.36. The lowest BCUT2D eigenvalue weighted by Crippen LogP contribution is -2.36. The van der Waals surface area contributed by atoms with Crippen molar-refractivity contribution in [2.24, 2.45) is 5.92 Å². The first-order valence-corrected chi connectivity index (χ1v) is 9.87. The summed E-state index contributed by atoms with van der Waals surface area (Å²) in [7, 11) is 0. The van der Waals surface area contributed by atoms with Gasteiger partial charge in [0.25, 0.3) is 0 Å². The van der Waals surface area contributed by atoms with Gasteiger partial charge in [0.15, 0.2) is 0 Å². The van der Waals surface area contributed by atoms with E-state index >= 15 is 0 Å². The average Bonchev–Trinajstić information content (AvgIpc) is 3.09. The van der Waals surface area contributed by atoms with E-state index in [1.165, 1.54) is 12.3 Å². The highest BCUT2D eigenvalue weighted by atomic mass is 35.5. The molecule has 1 fully saturated rings. The minimum absolute atomic E-state index is 0.0667. The number of hydrogen-bond donors (Lipinski definition) is 0. The third kappa shape index (κ3) is 5.56. The second-order valence-corrected chi connectivity index (χ2v) is 8.66. The SMILES string of the molecule is Cc1cc(Cl)cnc1OC(c1cncc(F)c1)[C@H]1CCN(C(=O)OC(C)(C)C)C1. The molecule has 156 valence electrons. The summed E-state index contributed by atoms with van der Waals surface area (Å²) < 4.78 is 25.5. The number of hydrogen-bond acceptors (Lipinski definition) is 5. The van der Waals surface area contributed by atoms with Crippen molar-refractivity contribution >= 4 is 17.7 Å². The molecule has 6 nitrogen and oxygen atoms in total. The zero-order valence-corrected chi connectivity index (χ0v) is 17.7. The van der Waals surface area contributed by atoms with Crippen LogP contribution in [-0.4, -0.2) is 39.7 Å². The van der Waals surface area contributed by atoms with Crippen molar-refractivity contribution < 1.29 is 18.7 Å². The van der Waals surface area contributed by atoms with Crippen LogP contribution in [0, 0.1) is 18.7 Å². The van der Waals surface area contributed by atoms with E-state index in [1.807, 2.05) is 27.7 Å². The number of aryl methyl sites for hydroxylation is 1. The van der Waals surface area contributed by atoms with Crippen LogP contribution in [0.2, 0.25) is 5.02 Å². The summed E-state index contributed by atoms with van der Waals surface area (Å²) in [4.78, 5) is 22.3. The topological polar surface area (TPSA) is 64.6 Å². The van der Waals surface area contributed by atoms with Crippen molar-refractivity contribution in [2.45, 2.75) is 45.8 Å². The van der Waals surface area contributed by atoms with Gasteiger partial charge in [0.2, 0.25) is 5.88 Å². The van der Waals surface area contributed by atoms with Gasteiger partial charge in [0.05, 0.1) is 11.2 Å². The lowest BCUT2D eigenvalue weighted by molar-refractivity contribution is 0.0272. The van der Waals surface area contributed by atoms with Crippen molar-refractivity contribution in [3.05, 3.63) is 52.7 Å². The number of ether oxygens (including phenoxy) is 2. The minimum Gasteiger partial charge on any atom is -0.469 e. The Labute approximate surface area is 175 Å². The van der Waals surface area contributed by atoms with Crippen molar-refractivity contribution in [3.8, 4) is 5.88 Å². The third-order valence-electron chi connectivity index (χ3n) is 4.59. The Balaban J connectivity index is 1.83. The molecule has 1 aliphatic heterocycles. The van der Waals surface area contributed by atoms with Crippen molar-refractivity contribution in [1.82, 2.24) is 14.9 Å². The number of halogens is 2. The normalized spacial score (nSPS) is 17.9. The first-order valence-electron chi connectivity index (χ1n) is 9.49. The molecule has 3 rings (SSSR count). The Bertz CT molecular complexity index is 888. The van der Waals surface area contributed by atoms with Gasteiger partial charge in [-0.2, -0.15) is 0 Å². The summed E-state index contributed by atoms with van der Waals surface area (Å²) in [6, 6.07) is 3.16. The molecule has 2 aromatic heterocycles. The van der Waals surface area contributed by atoms with Crippen molar-refractivity contribution in [2.75, 3.05) is 13.1 Å². The number of pyridine rings is 2. The fraction of sp³-hybridized carbons (Fsp3) is 0.476.